The number of rotatable bonds is 6. The van der Waals surface area contributed by atoms with Crippen LogP contribution in [0.5, 0.6) is 0 Å². The first-order valence-corrected chi connectivity index (χ1v) is 6.61. The first-order valence-electron chi connectivity index (χ1n) is 6.61. The molecule has 1 saturated heterocycles. The quantitative estimate of drug-likeness (QED) is 0.746. The molecule has 0 aromatic rings. The number of ether oxygens (including phenoxy) is 2. The third-order valence-electron chi connectivity index (χ3n) is 3.33. The molecule has 1 fully saturated rings. The molecule has 0 spiro atoms. The predicted octanol–water partition coefficient (Wildman–Crippen LogP) is 1.54. The molecule has 0 saturated carbocycles. The van der Waals surface area contributed by atoms with Crippen LogP contribution < -0.4 is 0 Å². The molecule has 102 valence electrons. The van der Waals surface area contributed by atoms with E-state index in [4.69, 9.17) is 9.47 Å². The third kappa shape index (κ3) is 4.54. The van der Waals surface area contributed by atoms with E-state index in [-0.39, 0.29) is 43.5 Å². The first kappa shape index (κ1) is 14.9. The Kier molecular flexibility index (Phi) is 6.41. The van der Waals surface area contributed by atoms with Crippen LogP contribution >= 0.6 is 0 Å². The normalized spacial score (nSPS) is 27.7. The summed E-state index contributed by atoms with van der Waals surface area (Å²) in [6.45, 7) is 6.02. The van der Waals surface area contributed by atoms with Crippen LogP contribution in [0.3, 0.4) is 0 Å². The number of aliphatic hydroxyl groups is 2. The molecule has 1 heterocycles. The van der Waals surface area contributed by atoms with Gasteiger partial charge in [0.2, 0.25) is 0 Å². The van der Waals surface area contributed by atoms with Crippen LogP contribution in [-0.2, 0) is 9.47 Å². The molecule has 0 radical (unpaired) electrons. The second-order valence-electron chi connectivity index (χ2n) is 5.28. The van der Waals surface area contributed by atoms with Gasteiger partial charge in [-0.05, 0) is 32.1 Å². The highest BCUT2D eigenvalue weighted by Gasteiger charge is 2.29. The Morgan fingerprint density at radius 1 is 1.24 bits per heavy atom. The minimum atomic E-state index is -0.226. The molecule has 1 aliphatic rings. The van der Waals surface area contributed by atoms with Crippen molar-refractivity contribution in [3.05, 3.63) is 0 Å². The van der Waals surface area contributed by atoms with Crippen molar-refractivity contribution in [1.29, 1.82) is 0 Å². The lowest BCUT2D eigenvalue weighted by Gasteiger charge is -2.35. The van der Waals surface area contributed by atoms with Crippen LogP contribution in [0.4, 0.5) is 0 Å². The van der Waals surface area contributed by atoms with E-state index in [2.05, 4.69) is 6.92 Å². The van der Waals surface area contributed by atoms with Gasteiger partial charge in [-0.3, -0.25) is 0 Å². The maximum atomic E-state index is 9.25. The summed E-state index contributed by atoms with van der Waals surface area (Å²) in [5.74, 6) is 0.0240. The summed E-state index contributed by atoms with van der Waals surface area (Å²) in [6.07, 6.45) is 2.99. The predicted molar refractivity (Wildman–Crippen MR) is 65.6 cm³/mol. The Morgan fingerprint density at radius 2 is 1.88 bits per heavy atom. The van der Waals surface area contributed by atoms with Crippen molar-refractivity contribution in [3.63, 3.8) is 0 Å². The molecule has 0 bridgehead atoms. The molecule has 17 heavy (non-hydrogen) atoms. The van der Waals surface area contributed by atoms with Crippen molar-refractivity contribution in [2.24, 2.45) is 11.8 Å². The Balaban J connectivity index is 2.53. The fraction of sp³-hybridized carbons (Fsp3) is 1.00. The van der Waals surface area contributed by atoms with Gasteiger partial charge in [0.15, 0.2) is 6.29 Å². The Labute approximate surface area is 104 Å². The van der Waals surface area contributed by atoms with Crippen LogP contribution in [0, 0.1) is 11.8 Å². The van der Waals surface area contributed by atoms with Crippen molar-refractivity contribution < 1.29 is 19.7 Å². The minimum absolute atomic E-state index is 0.0539. The monoisotopic (exact) mass is 246 g/mol. The highest BCUT2D eigenvalue weighted by atomic mass is 16.7. The maximum absolute atomic E-state index is 9.25. The molecule has 3 atom stereocenters. The number of hydrogen-bond donors (Lipinski definition) is 2. The molecule has 4 nitrogen and oxygen atoms in total. The fourth-order valence-corrected chi connectivity index (χ4v) is 2.32. The summed E-state index contributed by atoms with van der Waals surface area (Å²) < 4.78 is 11.6. The van der Waals surface area contributed by atoms with Crippen molar-refractivity contribution in [3.8, 4) is 0 Å². The number of aliphatic hydroxyl groups excluding tert-OH is 2. The van der Waals surface area contributed by atoms with Crippen molar-refractivity contribution >= 4 is 0 Å². The molecule has 1 rings (SSSR count). The van der Waals surface area contributed by atoms with Gasteiger partial charge in [0, 0.05) is 5.92 Å². The summed E-state index contributed by atoms with van der Waals surface area (Å²) in [6, 6.07) is 0. The Hall–Kier alpha value is -0.160. The van der Waals surface area contributed by atoms with E-state index in [1.165, 1.54) is 0 Å². The van der Waals surface area contributed by atoms with E-state index in [1.807, 2.05) is 13.8 Å². The smallest absolute Gasteiger partial charge is 0.158 e. The topological polar surface area (TPSA) is 58.9 Å². The summed E-state index contributed by atoms with van der Waals surface area (Å²) >= 11 is 0. The lowest BCUT2D eigenvalue weighted by molar-refractivity contribution is -0.231. The van der Waals surface area contributed by atoms with E-state index in [1.54, 1.807) is 0 Å². The van der Waals surface area contributed by atoms with E-state index >= 15 is 0 Å². The molecule has 0 unspecified atom stereocenters. The number of hydrogen-bond acceptors (Lipinski definition) is 4. The van der Waals surface area contributed by atoms with Crippen LogP contribution in [0.1, 0.15) is 40.0 Å². The summed E-state index contributed by atoms with van der Waals surface area (Å²) in [5.41, 5.74) is 0. The zero-order valence-electron chi connectivity index (χ0n) is 11.1. The zero-order chi connectivity index (χ0) is 12.8. The average molecular weight is 246 g/mol. The molecule has 0 aromatic carbocycles. The van der Waals surface area contributed by atoms with E-state index in [0.29, 0.717) is 0 Å². The van der Waals surface area contributed by atoms with Crippen molar-refractivity contribution in [2.75, 3.05) is 13.2 Å². The maximum Gasteiger partial charge on any atom is 0.158 e. The van der Waals surface area contributed by atoms with Crippen LogP contribution in [0.25, 0.3) is 0 Å². The van der Waals surface area contributed by atoms with Gasteiger partial charge in [0.05, 0.1) is 25.4 Å². The van der Waals surface area contributed by atoms with Gasteiger partial charge < -0.3 is 19.7 Å². The summed E-state index contributed by atoms with van der Waals surface area (Å²) in [4.78, 5) is 0. The summed E-state index contributed by atoms with van der Waals surface area (Å²) in [5, 5.41) is 18.5. The largest absolute Gasteiger partial charge is 0.396 e. The second-order valence-corrected chi connectivity index (χ2v) is 5.28. The minimum Gasteiger partial charge on any atom is -0.396 e. The molecular formula is C13H26O4. The second kappa shape index (κ2) is 7.31. The average Bonchev–Trinajstić information content (AvgIpc) is 2.29. The zero-order valence-corrected chi connectivity index (χ0v) is 11.1. The Morgan fingerprint density at radius 3 is 2.35 bits per heavy atom. The summed E-state index contributed by atoms with van der Waals surface area (Å²) in [7, 11) is 0. The molecule has 2 N–H and O–H groups in total. The van der Waals surface area contributed by atoms with Crippen LogP contribution in [0.2, 0.25) is 0 Å². The van der Waals surface area contributed by atoms with Gasteiger partial charge in [0.25, 0.3) is 0 Å². The van der Waals surface area contributed by atoms with E-state index in [9.17, 15) is 10.2 Å². The van der Waals surface area contributed by atoms with Crippen LogP contribution in [0.15, 0.2) is 0 Å². The fourth-order valence-electron chi connectivity index (χ4n) is 2.32. The first-order chi connectivity index (χ1) is 8.08. The molecule has 0 amide bonds. The van der Waals surface area contributed by atoms with Crippen molar-refractivity contribution in [2.45, 2.75) is 58.5 Å². The van der Waals surface area contributed by atoms with Gasteiger partial charge in [-0.1, -0.05) is 13.8 Å². The highest BCUT2D eigenvalue weighted by Crippen LogP contribution is 2.25. The standard InChI is InChI=1S/C13H26O4/c1-9(2)13(11(7-14)8-15)17-12-6-4-5-10(3)16-12/h9-15H,4-8H2,1-3H3/t10-,12+,13+/m0/s1. The van der Waals surface area contributed by atoms with E-state index in [0.717, 1.165) is 19.3 Å². The molecule has 0 aliphatic carbocycles. The van der Waals surface area contributed by atoms with Crippen molar-refractivity contribution in [1.82, 2.24) is 0 Å². The molecular weight excluding hydrogens is 220 g/mol. The van der Waals surface area contributed by atoms with Gasteiger partial charge in [-0.25, -0.2) is 0 Å². The van der Waals surface area contributed by atoms with Gasteiger partial charge >= 0.3 is 0 Å². The van der Waals surface area contributed by atoms with Gasteiger partial charge in [-0.2, -0.15) is 0 Å². The molecule has 4 heteroatoms. The highest BCUT2D eigenvalue weighted by molar-refractivity contribution is 4.74. The van der Waals surface area contributed by atoms with E-state index < -0.39 is 0 Å². The van der Waals surface area contributed by atoms with Gasteiger partial charge in [-0.15, -0.1) is 0 Å². The lowest BCUT2D eigenvalue weighted by atomic mass is 9.94. The SMILES string of the molecule is CC(C)[C@@H](O[C@@H]1CCC[C@H](C)O1)C(CO)CO. The molecule has 1 aliphatic heterocycles. The van der Waals surface area contributed by atoms with Crippen LogP contribution in [-0.4, -0.2) is 41.9 Å². The lowest BCUT2D eigenvalue weighted by Crippen LogP contribution is -2.40. The Bertz CT molecular complexity index is 204. The molecule has 0 aromatic heterocycles. The third-order valence-corrected chi connectivity index (χ3v) is 3.33. The van der Waals surface area contributed by atoms with Gasteiger partial charge in [0.1, 0.15) is 0 Å².